The third-order valence-corrected chi connectivity index (χ3v) is 3.29. The number of H-pyrrole nitrogens is 1. The molecule has 0 unspecified atom stereocenters. The van der Waals surface area contributed by atoms with E-state index in [-0.39, 0.29) is 0 Å². The molecule has 0 spiro atoms. The number of hydrogen-bond acceptors (Lipinski definition) is 5. The number of hydrogen-bond donors (Lipinski definition) is 2. The molecule has 2 N–H and O–H groups in total. The molecule has 0 aliphatic heterocycles. The Kier molecular flexibility index (Phi) is 4.00. The molecule has 0 saturated carbocycles. The summed E-state index contributed by atoms with van der Waals surface area (Å²) >= 11 is 0. The van der Waals surface area contributed by atoms with E-state index in [2.05, 4.69) is 20.5 Å². The first-order valence-corrected chi connectivity index (χ1v) is 7.06. The molecule has 6 nitrogen and oxygen atoms in total. The van der Waals surface area contributed by atoms with E-state index in [1.54, 1.807) is 13.1 Å². The number of nitrogens with zero attached hydrogens (tertiary/aromatic N) is 2. The maximum atomic E-state index is 12.1. The highest BCUT2D eigenvalue weighted by atomic mass is 16.5. The van der Waals surface area contributed by atoms with Crippen LogP contribution in [0.15, 0.2) is 42.7 Å². The lowest BCUT2D eigenvalue weighted by Crippen LogP contribution is -2.11. The van der Waals surface area contributed by atoms with E-state index < -0.39 is 5.97 Å². The predicted octanol–water partition coefficient (Wildman–Crippen LogP) is 2.75. The van der Waals surface area contributed by atoms with Gasteiger partial charge < -0.3 is 10.1 Å². The fraction of sp³-hybridized carbons (Fsp3) is 0.188. The van der Waals surface area contributed by atoms with Crippen molar-refractivity contribution in [2.24, 2.45) is 0 Å². The van der Waals surface area contributed by atoms with Gasteiger partial charge in [-0.15, -0.1) is 0 Å². The average molecular weight is 296 g/mol. The number of carbonyl (C=O) groups is 1. The number of nitrogens with one attached hydrogen (secondary N) is 2. The summed E-state index contributed by atoms with van der Waals surface area (Å²) in [5.41, 5.74) is 2.84. The van der Waals surface area contributed by atoms with Gasteiger partial charge in [-0.1, -0.05) is 30.3 Å². The van der Waals surface area contributed by atoms with Crippen molar-refractivity contribution in [2.45, 2.75) is 13.5 Å². The SMILES string of the molecule is CCOC(=O)c1cnc2[nH]ncc2c1NCc1ccccc1. The van der Waals surface area contributed by atoms with Crippen molar-refractivity contribution in [3.05, 3.63) is 53.9 Å². The Morgan fingerprint density at radius 2 is 2.09 bits per heavy atom. The van der Waals surface area contributed by atoms with Gasteiger partial charge >= 0.3 is 5.97 Å². The average Bonchev–Trinajstić information content (AvgIpc) is 3.02. The van der Waals surface area contributed by atoms with Crippen molar-refractivity contribution in [1.82, 2.24) is 15.2 Å². The lowest BCUT2D eigenvalue weighted by Gasteiger charge is -2.12. The zero-order chi connectivity index (χ0) is 15.4. The second-order valence-electron chi connectivity index (χ2n) is 4.74. The number of esters is 1. The molecule has 3 aromatic rings. The molecule has 1 aromatic carbocycles. The van der Waals surface area contributed by atoms with Crippen LogP contribution < -0.4 is 5.32 Å². The number of anilines is 1. The van der Waals surface area contributed by atoms with Crippen molar-refractivity contribution < 1.29 is 9.53 Å². The highest BCUT2D eigenvalue weighted by Gasteiger charge is 2.17. The first-order valence-electron chi connectivity index (χ1n) is 7.06. The van der Waals surface area contributed by atoms with Gasteiger partial charge in [0, 0.05) is 12.7 Å². The van der Waals surface area contributed by atoms with Crippen molar-refractivity contribution in [3.63, 3.8) is 0 Å². The van der Waals surface area contributed by atoms with E-state index in [4.69, 9.17) is 4.74 Å². The molecule has 0 aliphatic rings. The number of carbonyl (C=O) groups excluding carboxylic acids is 1. The molecule has 22 heavy (non-hydrogen) atoms. The van der Waals surface area contributed by atoms with Crippen LogP contribution >= 0.6 is 0 Å². The Bertz CT molecular complexity index is 783. The normalized spacial score (nSPS) is 10.6. The Hall–Kier alpha value is -2.89. The summed E-state index contributed by atoms with van der Waals surface area (Å²) in [5, 5.41) is 10.8. The summed E-state index contributed by atoms with van der Waals surface area (Å²) in [4.78, 5) is 16.3. The van der Waals surface area contributed by atoms with E-state index in [1.807, 2.05) is 30.3 Å². The number of benzene rings is 1. The standard InChI is InChI=1S/C16H16N4O2/c1-2-22-16(21)13-9-18-15-12(10-19-20-15)14(13)17-8-11-6-4-3-5-7-11/h3-7,9-10H,2,8H2,1H3,(H2,17,18,19,20). The molecule has 0 bridgehead atoms. The van der Waals surface area contributed by atoms with Crippen LogP contribution in [0.4, 0.5) is 5.69 Å². The molecule has 0 amide bonds. The summed E-state index contributed by atoms with van der Waals surface area (Å²) in [6.07, 6.45) is 3.16. The zero-order valence-electron chi connectivity index (χ0n) is 12.2. The molecule has 112 valence electrons. The van der Waals surface area contributed by atoms with Crippen LogP contribution in [0, 0.1) is 0 Å². The zero-order valence-corrected chi connectivity index (χ0v) is 12.2. The number of aromatic nitrogens is 3. The first-order chi connectivity index (χ1) is 10.8. The summed E-state index contributed by atoms with van der Waals surface area (Å²) in [6, 6.07) is 9.95. The lowest BCUT2D eigenvalue weighted by molar-refractivity contribution is 0.0527. The fourth-order valence-corrected chi connectivity index (χ4v) is 2.24. The molecule has 0 atom stereocenters. The second-order valence-corrected chi connectivity index (χ2v) is 4.74. The number of pyridine rings is 1. The van der Waals surface area contributed by atoms with Crippen LogP contribution in [0.2, 0.25) is 0 Å². The van der Waals surface area contributed by atoms with Gasteiger partial charge in [0.15, 0.2) is 5.65 Å². The Morgan fingerprint density at radius 3 is 2.86 bits per heavy atom. The summed E-state index contributed by atoms with van der Waals surface area (Å²) in [7, 11) is 0. The van der Waals surface area contributed by atoms with E-state index in [1.165, 1.54) is 6.20 Å². The maximum absolute atomic E-state index is 12.1. The van der Waals surface area contributed by atoms with Gasteiger partial charge in [-0.2, -0.15) is 5.10 Å². The maximum Gasteiger partial charge on any atom is 0.341 e. The molecular formula is C16H16N4O2. The van der Waals surface area contributed by atoms with E-state index in [0.717, 1.165) is 10.9 Å². The summed E-state index contributed by atoms with van der Waals surface area (Å²) in [5.74, 6) is -0.395. The number of fused-ring (bicyclic) bond motifs is 1. The van der Waals surface area contributed by atoms with Crippen molar-refractivity contribution in [1.29, 1.82) is 0 Å². The molecule has 6 heteroatoms. The minimum Gasteiger partial charge on any atom is -0.462 e. The quantitative estimate of drug-likeness (QED) is 0.708. The van der Waals surface area contributed by atoms with Crippen molar-refractivity contribution in [3.8, 4) is 0 Å². The van der Waals surface area contributed by atoms with Gasteiger partial charge in [-0.05, 0) is 12.5 Å². The molecular weight excluding hydrogens is 280 g/mol. The van der Waals surface area contributed by atoms with Crippen LogP contribution in [0.25, 0.3) is 11.0 Å². The van der Waals surface area contributed by atoms with Gasteiger partial charge in [0.05, 0.1) is 23.9 Å². The minimum absolute atomic E-state index is 0.320. The third-order valence-electron chi connectivity index (χ3n) is 3.29. The summed E-state index contributed by atoms with van der Waals surface area (Å²) in [6.45, 7) is 2.69. The van der Waals surface area contributed by atoms with Crippen LogP contribution in [0.3, 0.4) is 0 Å². The van der Waals surface area contributed by atoms with Gasteiger partial charge in [-0.3, -0.25) is 5.10 Å². The predicted molar refractivity (Wildman–Crippen MR) is 83.6 cm³/mol. The fourth-order valence-electron chi connectivity index (χ4n) is 2.24. The lowest BCUT2D eigenvalue weighted by atomic mass is 10.1. The van der Waals surface area contributed by atoms with Crippen molar-refractivity contribution >= 4 is 22.7 Å². The van der Waals surface area contributed by atoms with Gasteiger partial charge in [0.1, 0.15) is 5.56 Å². The molecule has 3 rings (SSSR count). The van der Waals surface area contributed by atoms with Crippen LogP contribution in [0.5, 0.6) is 0 Å². The number of rotatable bonds is 5. The molecule has 0 radical (unpaired) electrons. The van der Waals surface area contributed by atoms with E-state index in [0.29, 0.717) is 30.0 Å². The minimum atomic E-state index is -0.395. The Balaban J connectivity index is 1.95. The van der Waals surface area contributed by atoms with Gasteiger partial charge in [0.2, 0.25) is 0 Å². The van der Waals surface area contributed by atoms with E-state index >= 15 is 0 Å². The molecule has 0 aliphatic carbocycles. The number of aromatic amines is 1. The van der Waals surface area contributed by atoms with E-state index in [9.17, 15) is 4.79 Å². The van der Waals surface area contributed by atoms with Crippen LogP contribution in [0.1, 0.15) is 22.8 Å². The van der Waals surface area contributed by atoms with Crippen LogP contribution in [-0.2, 0) is 11.3 Å². The first kappa shape index (κ1) is 14.1. The van der Waals surface area contributed by atoms with Crippen LogP contribution in [-0.4, -0.2) is 27.8 Å². The van der Waals surface area contributed by atoms with Gasteiger partial charge in [0.25, 0.3) is 0 Å². The molecule has 2 heterocycles. The highest BCUT2D eigenvalue weighted by molar-refractivity contribution is 6.03. The topological polar surface area (TPSA) is 79.9 Å². The Morgan fingerprint density at radius 1 is 1.27 bits per heavy atom. The smallest absolute Gasteiger partial charge is 0.341 e. The number of ether oxygens (including phenoxy) is 1. The Labute approximate surface area is 127 Å². The van der Waals surface area contributed by atoms with Gasteiger partial charge in [-0.25, -0.2) is 9.78 Å². The second kappa shape index (κ2) is 6.26. The highest BCUT2D eigenvalue weighted by Crippen LogP contribution is 2.25. The van der Waals surface area contributed by atoms with Crippen molar-refractivity contribution in [2.75, 3.05) is 11.9 Å². The third kappa shape index (κ3) is 2.76. The summed E-state index contributed by atoms with van der Waals surface area (Å²) < 4.78 is 5.10. The molecule has 2 aromatic heterocycles. The monoisotopic (exact) mass is 296 g/mol. The molecule has 0 saturated heterocycles. The largest absolute Gasteiger partial charge is 0.462 e. The molecule has 0 fully saturated rings.